The summed E-state index contributed by atoms with van der Waals surface area (Å²) in [6.45, 7) is 4.37. The van der Waals surface area contributed by atoms with Gasteiger partial charge in [-0.2, -0.15) is 17.4 Å². The molecule has 0 aliphatic carbocycles. The smallest absolute Gasteiger partial charge is 0.279 e. The summed E-state index contributed by atoms with van der Waals surface area (Å²) in [5.41, 5.74) is 5.41. The zero-order chi connectivity index (χ0) is 12.8. The highest BCUT2D eigenvalue weighted by Crippen LogP contribution is 2.03. The minimum atomic E-state index is -3.46. The normalized spacial score (nSPS) is 14.7. The van der Waals surface area contributed by atoms with E-state index in [0.717, 1.165) is 0 Å². The van der Waals surface area contributed by atoms with Gasteiger partial charge in [0.05, 0.1) is 6.61 Å². The van der Waals surface area contributed by atoms with Crippen LogP contribution in [0.4, 0.5) is 0 Å². The molecule has 0 heterocycles. The second kappa shape index (κ2) is 7.18. The van der Waals surface area contributed by atoms with Gasteiger partial charge in [-0.25, -0.2) is 0 Å². The maximum absolute atomic E-state index is 11.9. The second-order valence-electron chi connectivity index (χ2n) is 3.96. The van der Waals surface area contributed by atoms with Gasteiger partial charge in [0.1, 0.15) is 0 Å². The maximum Gasteiger partial charge on any atom is 0.279 e. The van der Waals surface area contributed by atoms with E-state index in [1.54, 1.807) is 7.05 Å². The van der Waals surface area contributed by atoms with Crippen LogP contribution in [0.2, 0.25) is 0 Å². The predicted molar refractivity (Wildman–Crippen MR) is 64.3 cm³/mol. The fourth-order valence-corrected chi connectivity index (χ4v) is 2.48. The van der Waals surface area contributed by atoms with Crippen LogP contribution in [0.25, 0.3) is 0 Å². The van der Waals surface area contributed by atoms with Crippen LogP contribution in [0.15, 0.2) is 0 Å². The van der Waals surface area contributed by atoms with Crippen molar-refractivity contribution in [3.8, 4) is 0 Å². The molecule has 0 aromatic carbocycles. The molecule has 0 fully saturated rings. The fraction of sp³-hybridized carbons (Fsp3) is 1.00. The quantitative estimate of drug-likeness (QED) is 0.612. The van der Waals surface area contributed by atoms with Gasteiger partial charge < -0.3 is 10.5 Å². The molecule has 0 aromatic rings. The highest BCUT2D eigenvalue weighted by Gasteiger charge is 2.23. The van der Waals surface area contributed by atoms with Crippen LogP contribution >= 0.6 is 0 Å². The SMILES string of the molecule is COCC(CCN)NS(=O)(=O)N(C)C(C)C. The predicted octanol–water partition coefficient (Wildman–Crippen LogP) is -0.475. The molecule has 0 aliphatic rings. The Labute approximate surface area is 98.3 Å². The monoisotopic (exact) mass is 253 g/mol. The highest BCUT2D eigenvalue weighted by atomic mass is 32.2. The van der Waals surface area contributed by atoms with Crippen molar-refractivity contribution < 1.29 is 13.2 Å². The highest BCUT2D eigenvalue weighted by molar-refractivity contribution is 7.87. The lowest BCUT2D eigenvalue weighted by Crippen LogP contribution is -2.48. The Balaban J connectivity index is 4.52. The van der Waals surface area contributed by atoms with Gasteiger partial charge in [-0.1, -0.05) is 0 Å². The molecular formula is C9H23N3O3S. The van der Waals surface area contributed by atoms with Gasteiger partial charge in [-0.3, -0.25) is 0 Å². The van der Waals surface area contributed by atoms with Gasteiger partial charge in [0, 0.05) is 26.2 Å². The summed E-state index contributed by atoms with van der Waals surface area (Å²) >= 11 is 0. The van der Waals surface area contributed by atoms with E-state index in [1.807, 2.05) is 13.8 Å². The van der Waals surface area contributed by atoms with Gasteiger partial charge in [0.15, 0.2) is 0 Å². The number of hydrogen-bond donors (Lipinski definition) is 2. The van der Waals surface area contributed by atoms with E-state index < -0.39 is 10.2 Å². The van der Waals surface area contributed by atoms with Crippen molar-refractivity contribution in [2.45, 2.75) is 32.4 Å². The molecule has 0 radical (unpaired) electrons. The van der Waals surface area contributed by atoms with Crippen LogP contribution in [0.3, 0.4) is 0 Å². The largest absolute Gasteiger partial charge is 0.383 e. The summed E-state index contributed by atoms with van der Waals surface area (Å²) in [6, 6.07) is -0.361. The first-order valence-corrected chi connectivity index (χ1v) is 6.73. The average Bonchev–Trinajstić information content (AvgIpc) is 2.16. The topological polar surface area (TPSA) is 84.7 Å². The molecule has 0 amide bonds. The Morgan fingerprint density at radius 3 is 2.38 bits per heavy atom. The van der Waals surface area contributed by atoms with E-state index >= 15 is 0 Å². The fourth-order valence-electron chi connectivity index (χ4n) is 1.15. The Hall–Kier alpha value is -0.210. The molecule has 3 N–H and O–H groups in total. The van der Waals surface area contributed by atoms with E-state index in [2.05, 4.69) is 4.72 Å². The van der Waals surface area contributed by atoms with E-state index in [4.69, 9.17) is 10.5 Å². The van der Waals surface area contributed by atoms with Gasteiger partial charge in [-0.05, 0) is 26.8 Å². The maximum atomic E-state index is 11.9. The van der Waals surface area contributed by atoms with Gasteiger partial charge in [0.25, 0.3) is 10.2 Å². The lowest BCUT2D eigenvalue weighted by molar-refractivity contribution is 0.171. The van der Waals surface area contributed by atoms with Crippen molar-refractivity contribution >= 4 is 10.2 Å². The molecule has 1 atom stereocenters. The standard InChI is InChI=1S/C9H23N3O3S/c1-8(2)12(3)16(13,14)11-9(5-6-10)7-15-4/h8-9,11H,5-7,10H2,1-4H3. The number of methoxy groups -OCH3 is 1. The Bertz CT molecular complexity index is 274. The van der Waals surface area contributed by atoms with Crippen molar-refractivity contribution in [2.75, 3.05) is 27.3 Å². The molecule has 16 heavy (non-hydrogen) atoms. The third-order valence-corrected chi connectivity index (χ3v) is 4.12. The Morgan fingerprint density at radius 2 is 2.00 bits per heavy atom. The van der Waals surface area contributed by atoms with Crippen molar-refractivity contribution in [1.82, 2.24) is 9.03 Å². The first-order valence-electron chi connectivity index (χ1n) is 5.29. The molecule has 0 spiro atoms. The number of ether oxygens (including phenoxy) is 1. The van der Waals surface area contributed by atoms with Gasteiger partial charge in [-0.15, -0.1) is 0 Å². The Morgan fingerprint density at radius 1 is 1.44 bits per heavy atom. The summed E-state index contributed by atoms with van der Waals surface area (Å²) in [5, 5.41) is 0. The van der Waals surface area contributed by atoms with Crippen LogP contribution in [0.5, 0.6) is 0 Å². The van der Waals surface area contributed by atoms with Crippen molar-refractivity contribution in [2.24, 2.45) is 5.73 Å². The van der Waals surface area contributed by atoms with Crippen molar-refractivity contribution in [3.63, 3.8) is 0 Å². The minimum Gasteiger partial charge on any atom is -0.383 e. The van der Waals surface area contributed by atoms with Gasteiger partial charge >= 0.3 is 0 Å². The van der Waals surface area contributed by atoms with Crippen LogP contribution < -0.4 is 10.5 Å². The molecule has 98 valence electrons. The molecule has 6 nitrogen and oxygen atoms in total. The molecule has 0 saturated heterocycles. The van der Waals surface area contributed by atoms with Crippen molar-refractivity contribution in [1.29, 1.82) is 0 Å². The third-order valence-electron chi connectivity index (χ3n) is 2.30. The number of nitrogens with one attached hydrogen (secondary N) is 1. The zero-order valence-electron chi connectivity index (χ0n) is 10.4. The van der Waals surface area contributed by atoms with E-state index in [0.29, 0.717) is 19.6 Å². The second-order valence-corrected chi connectivity index (χ2v) is 5.72. The minimum absolute atomic E-state index is 0.0847. The number of rotatable bonds is 8. The molecule has 0 bridgehead atoms. The average molecular weight is 253 g/mol. The molecular weight excluding hydrogens is 230 g/mol. The van der Waals surface area contributed by atoms with E-state index in [-0.39, 0.29) is 12.1 Å². The lowest BCUT2D eigenvalue weighted by atomic mass is 10.2. The van der Waals surface area contributed by atoms with Crippen LogP contribution in [-0.2, 0) is 14.9 Å². The van der Waals surface area contributed by atoms with Crippen LogP contribution in [-0.4, -0.2) is 52.1 Å². The summed E-state index contributed by atoms with van der Waals surface area (Å²) in [5.74, 6) is 0. The molecule has 0 rings (SSSR count). The summed E-state index contributed by atoms with van der Waals surface area (Å²) in [7, 11) is -0.383. The molecule has 0 aliphatic heterocycles. The van der Waals surface area contributed by atoms with Gasteiger partial charge in [0.2, 0.25) is 0 Å². The first kappa shape index (κ1) is 15.8. The lowest BCUT2D eigenvalue weighted by Gasteiger charge is -2.25. The van der Waals surface area contributed by atoms with E-state index in [9.17, 15) is 8.42 Å². The first-order chi connectivity index (χ1) is 7.35. The summed E-state index contributed by atoms with van der Waals surface area (Å²) in [6.07, 6.45) is 0.555. The Kier molecular flexibility index (Phi) is 7.09. The summed E-state index contributed by atoms with van der Waals surface area (Å²) < 4.78 is 32.5. The van der Waals surface area contributed by atoms with Crippen LogP contribution in [0, 0.1) is 0 Å². The molecule has 1 unspecified atom stereocenters. The van der Waals surface area contributed by atoms with E-state index in [1.165, 1.54) is 11.4 Å². The molecule has 0 saturated carbocycles. The molecule has 0 aromatic heterocycles. The number of hydrogen-bond acceptors (Lipinski definition) is 4. The van der Waals surface area contributed by atoms with Crippen molar-refractivity contribution in [3.05, 3.63) is 0 Å². The number of nitrogens with two attached hydrogens (primary N) is 1. The zero-order valence-corrected chi connectivity index (χ0v) is 11.3. The number of nitrogens with zero attached hydrogens (tertiary/aromatic N) is 1. The van der Waals surface area contributed by atoms with Crippen LogP contribution in [0.1, 0.15) is 20.3 Å². The third kappa shape index (κ3) is 5.22. The molecule has 7 heteroatoms. The summed E-state index contributed by atoms with van der Waals surface area (Å²) in [4.78, 5) is 0.